The molecule has 168 valence electrons. The van der Waals surface area contributed by atoms with Gasteiger partial charge >= 0.3 is 0 Å². The van der Waals surface area contributed by atoms with E-state index in [0.29, 0.717) is 22.2 Å². The number of pyridine rings is 1. The Kier molecular flexibility index (Phi) is 6.04. The number of aryl methyl sites for hydroxylation is 3. The molecule has 0 amide bonds. The number of ether oxygens (including phenoxy) is 1. The van der Waals surface area contributed by atoms with E-state index in [1.807, 2.05) is 39.0 Å². The lowest BCUT2D eigenvalue weighted by Gasteiger charge is -2.14. The standard InChI is InChI=1S/C27H25NO4S/c1-5-19-7-13-25-23(15-19)27(33(30,31)22-11-9-21(32-4)10-12-22)24(16-28-25)26(29)20-8-6-17(2)18(3)14-20/h6-16H,5H2,1-4H3. The fourth-order valence-electron chi connectivity index (χ4n) is 3.80. The molecule has 0 saturated carbocycles. The topological polar surface area (TPSA) is 73.3 Å². The highest BCUT2D eigenvalue weighted by Crippen LogP contribution is 2.33. The predicted octanol–water partition coefficient (Wildman–Crippen LogP) is 5.49. The Morgan fingerprint density at radius 2 is 1.67 bits per heavy atom. The number of fused-ring (bicyclic) bond motifs is 1. The lowest BCUT2D eigenvalue weighted by molar-refractivity contribution is 0.103. The number of rotatable bonds is 6. The number of hydrogen-bond donors (Lipinski definition) is 0. The molecule has 0 spiro atoms. The van der Waals surface area contributed by atoms with E-state index in [9.17, 15) is 13.2 Å². The number of sulfone groups is 1. The van der Waals surface area contributed by atoms with Gasteiger partial charge in [0.1, 0.15) is 5.75 Å². The second-order valence-corrected chi connectivity index (χ2v) is 9.90. The molecule has 33 heavy (non-hydrogen) atoms. The van der Waals surface area contributed by atoms with Crippen molar-refractivity contribution < 1.29 is 17.9 Å². The van der Waals surface area contributed by atoms with Crippen molar-refractivity contribution in [3.8, 4) is 5.75 Å². The van der Waals surface area contributed by atoms with Gasteiger partial charge < -0.3 is 4.74 Å². The van der Waals surface area contributed by atoms with Gasteiger partial charge in [-0.15, -0.1) is 0 Å². The minimum absolute atomic E-state index is 0.0174. The number of methoxy groups -OCH3 is 1. The van der Waals surface area contributed by atoms with Crippen LogP contribution in [0, 0.1) is 13.8 Å². The number of carbonyl (C=O) groups is 1. The van der Waals surface area contributed by atoms with Crippen molar-refractivity contribution in [2.45, 2.75) is 37.0 Å². The summed E-state index contributed by atoms with van der Waals surface area (Å²) in [5.41, 5.74) is 4.00. The van der Waals surface area contributed by atoms with Crippen molar-refractivity contribution in [2.75, 3.05) is 7.11 Å². The number of ketones is 1. The van der Waals surface area contributed by atoms with E-state index in [4.69, 9.17) is 4.74 Å². The van der Waals surface area contributed by atoms with Crippen molar-refractivity contribution in [3.63, 3.8) is 0 Å². The maximum absolute atomic E-state index is 13.9. The number of hydrogen-bond acceptors (Lipinski definition) is 5. The van der Waals surface area contributed by atoms with Crippen molar-refractivity contribution in [3.05, 3.63) is 94.7 Å². The van der Waals surface area contributed by atoms with E-state index in [-0.39, 0.29) is 21.1 Å². The molecule has 1 aromatic heterocycles. The first-order valence-electron chi connectivity index (χ1n) is 10.7. The number of aromatic nitrogens is 1. The Morgan fingerprint density at radius 3 is 2.30 bits per heavy atom. The van der Waals surface area contributed by atoms with Gasteiger partial charge in [-0.1, -0.05) is 25.1 Å². The van der Waals surface area contributed by atoms with Gasteiger partial charge in [-0.05, 0) is 79.4 Å². The Balaban J connectivity index is 2.02. The molecular weight excluding hydrogens is 434 g/mol. The minimum Gasteiger partial charge on any atom is -0.497 e. The van der Waals surface area contributed by atoms with E-state index in [1.165, 1.54) is 25.4 Å². The van der Waals surface area contributed by atoms with Gasteiger partial charge in [0.15, 0.2) is 5.78 Å². The van der Waals surface area contributed by atoms with Crippen molar-refractivity contribution in [2.24, 2.45) is 0 Å². The van der Waals surface area contributed by atoms with Crippen LogP contribution in [-0.4, -0.2) is 26.3 Å². The van der Waals surface area contributed by atoms with Crippen LogP contribution in [0.25, 0.3) is 10.9 Å². The van der Waals surface area contributed by atoms with Crippen LogP contribution in [0.5, 0.6) is 5.75 Å². The van der Waals surface area contributed by atoms with Gasteiger partial charge in [0.2, 0.25) is 9.84 Å². The first-order chi connectivity index (χ1) is 15.8. The zero-order valence-corrected chi connectivity index (χ0v) is 19.9. The van der Waals surface area contributed by atoms with Gasteiger partial charge in [-0.25, -0.2) is 8.42 Å². The number of carbonyl (C=O) groups excluding carboxylic acids is 1. The van der Waals surface area contributed by atoms with Crippen LogP contribution in [-0.2, 0) is 16.3 Å². The second-order valence-electron chi connectivity index (χ2n) is 8.01. The molecule has 0 aliphatic heterocycles. The van der Waals surface area contributed by atoms with Crippen LogP contribution in [0.1, 0.15) is 39.5 Å². The molecule has 0 aliphatic carbocycles. The van der Waals surface area contributed by atoms with Gasteiger partial charge in [0.25, 0.3) is 0 Å². The lowest BCUT2D eigenvalue weighted by Crippen LogP contribution is -2.13. The summed E-state index contributed by atoms with van der Waals surface area (Å²) in [6.07, 6.45) is 2.11. The predicted molar refractivity (Wildman–Crippen MR) is 129 cm³/mol. The molecule has 4 rings (SSSR count). The molecule has 0 N–H and O–H groups in total. The third-order valence-electron chi connectivity index (χ3n) is 5.94. The molecule has 0 fully saturated rings. The molecule has 0 unspecified atom stereocenters. The average molecular weight is 460 g/mol. The maximum atomic E-state index is 13.9. The first kappa shape index (κ1) is 22.7. The summed E-state index contributed by atoms with van der Waals surface area (Å²) in [5, 5.41) is 0.444. The van der Waals surface area contributed by atoms with Crippen LogP contribution >= 0.6 is 0 Å². The summed E-state index contributed by atoms with van der Waals surface area (Å²) >= 11 is 0. The fourth-order valence-corrected chi connectivity index (χ4v) is 5.42. The third-order valence-corrected chi connectivity index (χ3v) is 7.81. The molecular formula is C27H25NO4S. The summed E-state index contributed by atoms with van der Waals surface area (Å²) in [6.45, 7) is 5.89. The second kappa shape index (κ2) is 8.79. The molecule has 0 radical (unpaired) electrons. The Labute approximate surface area is 194 Å². The van der Waals surface area contributed by atoms with Crippen molar-refractivity contribution >= 4 is 26.5 Å². The van der Waals surface area contributed by atoms with E-state index < -0.39 is 9.84 Å². The molecule has 0 saturated heterocycles. The SMILES string of the molecule is CCc1ccc2ncc(C(=O)c3ccc(C)c(C)c3)c(S(=O)(=O)c3ccc(OC)cc3)c2c1. The fraction of sp³-hybridized carbons (Fsp3) is 0.185. The normalized spacial score (nSPS) is 11.5. The smallest absolute Gasteiger partial charge is 0.208 e. The molecule has 5 nitrogen and oxygen atoms in total. The lowest BCUT2D eigenvalue weighted by atomic mass is 9.99. The maximum Gasteiger partial charge on any atom is 0.208 e. The highest BCUT2D eigenvalue weighted by Gasteiger charge is 2.28. The van der Waals surface area contributed by atoms with Crippen LogP contribution in [0.4, 0.5) is 0 Å². The van der Waals surface area contributed by atoms with E-state index >= 15 is 0 Å². The largest absolute Gasteiger partial charge is 0.497 e. The Bertz CT molecular complexity index is 1470. The van der Waals surface area contributed by atoms with Crippen LogP contribution in [0.15, 0.2) is 76.7 Å². The van der Waals surface area contributed by atoms with Gasteiger partial charge in [-0.3, -0.25) is 9.78 Å². The van der Waals surface area contributed by atoms with Gasteiger partial charge in [0, 0.05) is 17.1 Å². The highest BCUT2D eigenvalue weighted by atomic mass is 32.2. The molecule has 0 atom stereocenters. The number of nitrogens with zero attached hydrogens (tertiary/aromatic N) is 1. The highest BCUT2D eigenvalue weighted by molar-refractivity contribution is 7.91. The summed E-state index contributed by atoms with van der Waals surface area (Å²) in [7, 11) is -2.51. The summed E-state index contributed by atoms with van der Waals surface area (Å²) in [4.78, 5) is 18.1. The zero-order chi connectivity index (χ0) is 23.8. The third kappa shape index (κ3) is 4.14. The van der Waals surface area contributed by atoms with Gasteiger partial charge in [-0.2, -0.15) is 0 Å². The number of benzene rings is 3. The monoisotopic (exact) mass is 459 g/mol. The first-order valence-corrected chi connectivity index (χ1v) is 12.2. The molecule has 3 aromatic carbocycles. The summed E-state index contributed by atoms with van der Waals surface area (Å²) in [5.74, 6) is 0.176. The molecule has 0 bridgehead atoms. The van der Waals surface area contributed by atoms with E-state index in [1.54, 1.807) is 30.3 Å². The van der Waals surface area contributed by atoms with Gasteiger partial charge in [0.05, 0.1) is 28.0 Å². The minimum atomic E-state index is -4.03. The zero-order valence-electron chi connectivity index (χ0n) is 19.0. The molecule has 1 heterocycles. The van der Waals surface area contributed by atoms with Crippen LogP contribution in [0.2, 0.25) is 0 Å². The molecule has 6 heteroatoms. The summed E-state index contributed by atoms with van der Waals surface area (Å²) in [6, 6.07) is 17.1. The Morgan fingerprint density at radius 1 is 0.939 bits per heavy atom. The van der Waals surface area contributed by atoms with Crippen molar-refractivity contribution in [1.82, 2.24) is 4.98 Å². The average Bonchev–Trinajstić information content (AvgIpc) is 2.84. The van der Waals surface area contributed by atoms with E-state index in [2.05, 4.69) is 4.98 Å². The van der Waals surface area contributed by atoms with Crippen molar-refractivity contribution in [1.29, 1.82) is 0 Å². The van der Waals surface area contributed by atoms with Crippen LogP contribution in [0.3, 0.4) is 0 Å². The molecule has 0 aliphatic rings. The molecule has 4 aromatic rings. The Hall–Kier alpha value is -3.51. The van der Waals surface area contributed by atoms with Crippen LogP contribution < -0.4 is 4.74 Å². The quantitative estimate of drug-likeness (QED) is 0.357. The van der Waals surface area contributed by atoms with E-state index in [0.717, 1.165) is 23.1 Å². The summed E-state index contributed by atoms with van der Waals surface area (Å²) < 4.78 is 33.0.